The van der Waals surface area contributed by atoms with Crippen LogP contribution in [0, 0.1) is 10.8 Å². The van der Waals surface area contributed by atoms with E-state index in [1.807, 2.05) is 77.9 Å². The van der Waals surface area contributed by atoms with Crippen molar-refractivity contribution in [1.82, 2.24) is 41.3 Å². The largest absolute Gasteiger partial charge is 0.444 e. The Kier molecular flexibility index (Phi) is 20.4. The SMILES string of the molecule is CN[C@@H](C)C(=O)N[C@H](C(=O)N1CC(OCc2ccc(C(=O)Oc3ccc4c(c3)CN(C(=O)[C@@H](NC(=O)[C@H](C)N(C)C(=O)OC(C)(C)C)C(C)(C)C)[C@H](C(=O)NC3CCCc5ccccc53)C4)cc2)C[C@H]1C(=O)NC1CCCc2ccccc21)C(C)(C)C. The Hall–Kier alpha value is -7.64. The van der Waals surface area contributed by atoms with Gasteiger partial charge in [0.15, 0.2) is 0 Å². The first kappa shape index (κ1) is 65.3. The Morgan fingerprint density at radius 1 is 0.644 bits per heavy atom. The van der Waals surface area contributed by atoms with Gasteiger partial charge in [0.25, 0.3) is 0 Å². The number of amides is 7. The Balaban J connectivity index is 0.968. The van der Waals surface area contributed by atoms with Crippen molar-refractivity contribution < 1.29 is 52.6 Å². The van der Waals surface area contributed by atoms with Crippen molar-refractivity contribution in [3.8, 4) is 5.75 Å². The summed E-state index contributed by atoms with van der Waals surface area (Å²) in [5, 5.41) is 15.3. The van der Waals surface area contributed by atoms with Crippen LogP contribution in [-0.2, 0) is 70.7 Å². The van der Waals surface area contributed by atoms with Crippen LogP contribution in [0.5, 0.6) is 5.75 Å². The molecule has 4 aromatic rings. The number of ether oxygens (including phenoxy) is 3. The third-order valence-corrected chi connectivity index (χ3v) is 17.3. The van der Waals surface area contributed by atoms with E-state index >= 15 is 4.79 Å². The zero-order valence-electron chi connectivity index (χ0n) is 53.0. The van der Waals surface area contributed by atoms with Gasteiger partial charge in [-0.25, -0.2) is 9.59 Å². The minimum atomic E-state index is -1.13. The summed E-state index contributed by atoms with van der Waals surface area (Å²) >= 11 is 0. The van der Waals surface area contributed by atoms with Gasteiger partial charge in [0.2, 0.25) is 35.4 Å². The summed E-state index contributed by atoms with van der Waals surface area (Å²) in [5.41, 5.74) is 4.54. The molecule has 8 rings (SSSR count). The highest BCUT2D eigenvalue weighted by Gasteiger charge is 2.47. The van der Waals surface area contributed by atoms with Gasteiger partial charge in [0.05, 0.1) is 36.4 Å². The molecule has 1 fully saturated rings. The minimum absolute atomic E-state index is 0.0412. The lowest BCUT2D eigenvalue weighted by molar-refractivity contribution is -0.147. The number of carbonyl (C=O) groups excluding carboxylic acids is 8. The molecular formula is C68H90N8O11. The van der Waals surface area contributed by atoms with Crippen molar-refractivity contribution >= 4 is 47.5 Å². The lowest BCUT2D eigenvalue weighted by atomic mass is 9.83. The number of hydrogen-bond acceptors (Lipinski definition) is 12. The van der Waals surface area contributed by atoms with Crippen molar-refractivity contribution in [3.05, 3.63) is 136 Å². The Bertz CT molecular complexity index is 3200. The number of benzene rings is 4. The number of carbonyl (C=O) groups is 8. The van der Waals surface area contributed by atoms with Crippen LogP contribution < -0.4 is 31.3 Å². The molecule has 0 radical (unpaired) electrons. The Morgan fingerprint density at radius 2 is 1.18 bits per heavy atom. The zero-order valence-corrected chi connectivity index (χ0v) is 53.0. The van der Waals surface area contributed by atoms with Gasteiger partial charge < -0.3 is 50.6 Å². The van der Waals surface area contributed by atoms with Crippen molar-refractivity contribution in [2.75, 3.05) is 20.6 Å². The molecule has 0 bridgehead atoms. The first-order chi connectivity index (χ1) is 41.0. The molecule has 9 atom stereocenters. The molecule has 1 saturated heterocycles. The number of aryl methyl sites for hydroxylation is 2. The highest BCUT2D eigenvalue weighted by molar-refractivity contribution is 5.96. The summed E-state index contributed by atoms with van der Waals surface area (Å²) in [6, 6.07) is 22.1. The van der Waals surface area contributed by atoms with Crippen LogP contribution in [-0.4, -0.2) is 131 Å². The van der Waals surface area contributed by atoms with E-state index in [-0.39, 0.29) is 79.6 Å². The maximum atomic E-state index is 15.2. The van der Waals surface area contributed by atoms with E-state index in [2.05, 4.69) is 38.7 Å². The number of fused-ring (bicyclic) bond motifs is 3. The van der Waals surface area contributed by atoms with E-state index in [0.29, 0.717) is 5.56 Å². The lowest BCUT2D eigenvalue weighted by Crippen LogP contribution is -2.62. The van der Waals surface area contributed by atoms with Crippen molar-refractivity contribution in [3.63, 3.8) is 0 Å². The maximum absolute atomic E-state index is 15.2. The highest BCUT2D eigenvalue weighted by Crippen LogP contribution is 2.36. The molecule has 19 nitrogen and oxygen atoms in total. The second-order valence-corrected chi connectivity index (χ2v) is 27.1. The fourth-order valence-electron chi connectivity index (χ4n) is 11.9. The predicted octanol–water partition coefficient (Wildman–Crippen LogP) is 7.96. The molecule has 2 aliphatic carbocycles. The molecule has 2 aliphatic heterocycles. The second-order valence-electron chi connectivity index (χ2n) is 27.1. The highest BCUT2D eigenvalue weighted by atomic mass is 16.6. The number of nitrogens with zero attached hydrogens (tertiary/aromatic N) is 3. The van der Waals surface area contributed by atoms with Crippen molar-refractivity contribution in [2.24, 2.45) is 10.8 Å². The summed E-state index contributed by atoms with van der Waals surface area (Å²) in [5.74, 6) is -2.82. The van der Waals surface area contributed by atoms with Gasteiger partial charge in [-0.2, -0.15) is 0 Å². The van der Waals surface area contributed by atoms with Crippen LogP contribution >= 0.6 is 0 Å². The van der Waals surface area contributed by atoms with Gasteiger partial charge in [-0.1, -0.05) is 108 Å². The van der Waals surface area contributed by atoms with Gasteiger partial charge >= 0.3 is 12.1 Å². The van der Waals surface area contributed by atoms with Gasteiger partial charge in [-0.3, -0.25) is 33.7 Å². The molecule has 0 spiro atoms. The van der Waals surface area contributed by atoms with Crippen molar-refractivity contribution in [1.29, 1.82) is 0 Å². The summed E-state index contributed by atoms with van der Waals surface area (Å²) in [6.45, 7) is 19.8. The topological polar surface area (TPSA) is 234 Å². The molecule has 7 amide bonds. The molecule has 3 unspecified atom stereocenters. The Labute approximate surface area is 512 Å². The van der Waals surface area contributed by atoms with Crippen LogP contribution in [0.4, 0.5) is 4.79 Å². The molecular weight excluding hydrogens is 1100 g/mol. The number of rotatable bonds is 17. The van der Waals surface area contributed by atoms with E-state index in [1.165, 1.54) is 28.0 Å². The Morgan fingerprint density at radius 3 is 1.74 bits per heavy atom. The molecule has 468 valence electrons. The van der Waals surface area contributed by atoms with Crippen LogP contribution in [0.15, 0.2) is 91.0 Å². The normalized spacial score (nSPS) is 20.6. The number of hydrogen-bond donors (Lipinski definition) is 5. The number of esters is 1. The van der Waals surface area contributed by atoms with E-state index in [9.17, 15) is 33.6 Å². The monoisotopic (exact) mass is 1190 g/mol. The van der Waals surface area contributed by atoms with Gasteiger partial charge in [0, 0.05) is 33.0 Å². The average molecular weight is 1200 g/mol. The summed E-state index contributed by atoms with van der Waals surface area (Å²) < 4.78 is 18.0. The fraction of sp³-hybridized carbons (Fsp3) is 0.529. The molecule has 5 N–H and O–H groups in total. The van der Waals surface area contributed by atoms with Crippen molar-refractivity contribution in [2.45, 2.75) is 201 Å². The molecule has 4 aromatic carbocycles. The quantitative estimate of drug-likeness (QED) is 0.0501. The van der Waals surface area contributed by atoms with E-state index in [4.69, 9.17) is 14.2 Å². The smallest absolute Gasteiger partial charge is 0.410 e. The van der Waals surface area contributed by atoms with Crippen LogP contribution in [0.25, 0.3) is 0 Å². The van der Waals surface area contributed by atoms with Gasteiger partial charge in [-0.15, -0.1) is 0 Å². The lowest BCUT2D eigenvalue weighted by Gasteiger charge is -2.42. The summed E-state index contributed by atoms with van der Waals surface area (Å²) in [4.78, 5) is 117. The third-order valence-electron chi connectivity index (χ3n) is 17.3. The zero-order chi connectivity index (χ0) is 63.3. The van der Waals surface area contributed by atoms with E-state index in [0.717, 1.165) is 60.8 Å². The maximum Gasteiger partial charge on any atom is 0.410 e. The first-order valence-corrected chi connectivity index (χ1v) is 30.7. The summed E-state index contributed by atoms with van der Waals surface area (Å²) in [6.07, 6.45) is 4.27. The first-order valence-electron chi connectivity index (χ1n) is 30.7. The minimum Gasteiger partial charge on any atom is -0.444 e. The number of likely N-dealkylation sites (N-methyl/N-ethyl adjacent to an activating group) is 2. The predicted molar refractivity (Wildman–Crippen MR) is 330 cm³/mol. The average Bonchev–Trinajstić information content (AvgIpc) is 2.18. The third kappa shape index (κ3) is 15.9. The molecule has 4 aliphatic rings. The molecule has 87 heavy (non-hydrogen) atoms. The van der Waals surface area contributed by atoms with E-state index in [1.54, 1.807) is 89.0 Å². The van der Waals surface area contributed by atoms with Crippen LogP contribution in [0.2, 0.25) is 0 Å². The van der Waals surface area contributed by atoms with E-state index < -0.39 is 82.7 Å². The van der Waals surface area contributed by atoms with Crippen LogP contribution in [0.1, 0.15) is 170 Å². The molecule has 0 saturated carbocycles. The van der Waals surface area contributed by atoms with Crippen LogP contribution in [0.3, 0.4) is 0 Å². The molecule has 0 aromatic heterocycles. The molecule has 2 heterocycles. The van der Waals surface area contributed by atoms with Gasteiger partial charge in [-0.05, 0) is 154 Å². The summed E-state index contributed by atoms with van der Waals surface area (Å²) in [7, 11) is 3.13. The number of likely N-dealkylation sites (tertiary alicyclic amines) is 1. The number of nitrogens with one attached hydrogen (secondary N) is 5. The second kappa shape index (κ2) is 27.2. The fourth-order valence-corrected chi connectivity index (χ4v) is 11.9. The standard InChI is InChI=1S/C68H90N8O11/c1-40(69-12)58(77)72-56(66(3,4)5)63(82)76-38-49(36-55(76)61(80)71-53-27-19-23-44-21-15-17-25-51(44)53)85-39-42-28-30-45(31-29-42)64(83)86-48-33-32-46-35-54(60(79)70-52-26-18-22-43-20-14-16-24-50(43)52)75(37-47(46)34-48)62(81)57(67(6,7)8)73-59(78)41(2)74(13)65(84)87-68(9,10)11/h14-17,20-21,24-25,28-34,40-41,49,52-57,69H,18-19,22-23,26-27,35-39H2,1-13H3,(H,70,79)(H,71,80)(H,72,77)(H,73,78)/t40-,41-,49?,52?,53?,54-,55-,56+,57+/m0/s1. The van der Waals surface area contributed by atoms with Gasteiger partial charge in [0.1, 0.15) is 41.6 Å². The molecule has 19 heteroatoms.